The van der Waals surface area contributed by atoms with E-state index in [9.17, 15) is 9.90 Å². The molecule has 2 heterocycles. The third-order valence-electron chi connectivity index (χ3n) is 5.86. The smallest absolute Gasteiger partial charge is 0.259 e. The Hall–Kier alpha value is -2.79. The number of benzene rings is 2. The van der Waals surface area contributed by atoms with E-state index >= 15 is 0 Å². The Morgan fingerprint density at radius 2 is 2.03 bits per heavy atom. The predicted molar refractivity (Wildman–Crippen MR) is 115 cm³/mol. The summed E-state index contributed by atoms with van der Waals surface area (Å²) in [7, 11) is 0. The van der Waals surface area contributed by atoms with Crippen molar-refractivity contribution >= 4 is 22.6 Å². The molecule has 2 aromatic carbocycles. The summed E-state index contributed by atoms with van der Waals surface area (Å²) in [5.74, 6) is 1.20. The van der Waals surface area contributed by atoms with E-state index in [1.54, 1.807) is 19.1 Å². The van der Waals surface area contributed by atoms with E-state index in [2.05, 4.69) is 17.1 Å². The van der Waals surface area contributed by atoms with Crippen LogP contribution in [-0.2, 0) is 6.54 Å². The second-order valence-electron chi connectivity index (χ2n) is 8.22. The Labute approximate surface area is 171 Å². The number of anilines is 1. The molecule has 152 valence electrons. The minimum atomic E-state index is -0.214. The normalized spacial score (nSPS) is 17.6. The van der Waals surface area contributed by atoms with Crippen LogP contribution in [0.25, 0.3) is 11.0 Å². The second-order valence-corrected chi connectivity index (χ2v) is 8.22. The van der Waals surface area contributed by atoms with Gasteiger partial charge in [-0.1, -0.05) is 25.1 Å². The van der Waals surface area contributed by atoms with E-state index in [0.717, 1.165) is 36.3 Å². The molecule has 0 aliphatic carbocycles. The SMILES string of the molecule is Cc1ccccc1NC(=O)c1c(C)oc2ccc(O)c(CN3CCCC(C)C3)c12. The number of fused-ring (bicyclic) bond motifs is 1. The number of carbonyl (C=O) groups excluding carboxylic acids is 1. The summed E-state index contributed by atoms with van der Waals surface area (Å²) in [6, 6.07) is 11.1. The maximum atomic E-state index is 13.2. The lowest BCUT2D eigenvalue weighted by atomic mass is 9.98. The van der Waals surface area contributed by atoms with Gasteiger partial charge in [0.15, 0.2) is 0 Å². The predicted octanol–water partition coefficient (Wildman–Crippen LogP) is 5.24. The molecule has 1 saturated heterocycles. The molecule has 1 aliphatic rings. The van der Waals surface area contributed by atoms with Gasteiger partial charge in [-0.2, -0.15) is 0 Å². The molecule has 1 amide bonds. The van der Waals surface area contributed by atoms with Crippen LogP contribution in [0.4, 0.5) is 5.69 Å². The first-order valence-electron chi connectivity index (χ1n) is 10.3. The number of para-hydroxylation sites is 1. The number of furan rings is 1. The molecular formula is C24H28N2O3. The molecule has 1 fully saturated rings. The Bertz CT molecular complexity index is 1050. The number of phenolic OH excluding ortho intramolecular Hbond substituents is 1. The number of hydrogen-bond acceptors (Lipinski definition) is 4. The van der Waals surface area contributed by atoms with E-state index in [0.29, 0.717) is 34.8 Å². The van der Waals surface area contributed by atoms with Gasteiger partial charge in [-0.25, -0.2) is 0 Å². The van der Waals surface area contributed by atoms with Crippen LogP contribution < -0.4 is 5.32 Å². The number of piperidine rings is 1. The van der Waals surface area contributed by atoms with Crippen molar-refractivity contribution in [1.82, 2.24) is 4.90 Å². The average molecular weight is 392 g/mol. The molecule has 4 rings (SSSR count). The zero-order valence-electron chi connectivity index (χ0n) is 17.3. The monoisotopic (exact) mass is 392 g/mol. The van der Waals surface area contributed by atoms with Crippen molar-refractivity contribution in [1.29, 1.82) is 0 Å². The van der Waals surface area contributed by atoms with Crippen LogP contribution in [0.2, 0.25) is 0 Å². The summed E-state index contributed by atoms with van der Waals surface area (Å²) >= 11 is 0. The number of nitrogens with zero attached hydrogens (tertiary/aromatic N) is 1. The molecule has 1 aliphatic heterocycles. The molecular weight excluding hydrogens is 364 g/mol. The lowest BCUT2D eigenvalue weighted by molar-refractivity contribution is 0.102. The largest absolute Gasteiger partial charge is 0.508 e. The number of rotatable bonds is 4. The van der Waals surface area contributed by atoms with E-state index in [1.807, 2.05) is 31.2 Å². The van der Waals surface area contributed by atoms with Crippen molar-refractivity contribution in [2.75, 3.05) is 18.4 Å². The third-order valence-corrected chi connectivity index (χ3v) is 5.86. The maximum Gasteiger partial charge on any atom is 0.259 e. The minimum absolute atomic E-state index is 0.210. The highest BCUT2D eigenvalue weighted by Crippen LogP contribution is 2.36. The summed E-state index contributed by atoms with van der Waals surface area (Å²) in [5, 5.41) is 14.4. The lowest BCUT2D eigenvalue weighted by Gasteiger charge is -2.31. The molecule has 3 aromatic rings. The van der Waals surface area contributed by atoms with Crippen LogP contribution in [0.5, 0.6) is 5.75 Å². The number of nitrogens with one attached hydrogen (secondary N) is 1. The van der Waals surface area contributed by atoms with E-state index in [1.165, 1.54) is 6.42 Å². The molecule has 0 bridgehead atoms. The summed E-state index contributed by atoms with van der Waals surface area (Å²) in [5.41, 5.74) is 3.67. The number of likely N-dealkylation sites (tertiary alicyclic amines) is 1. The van der Waals surface area contributed by atoms with Crippen molar-refractivity contribution < 1.29 is 14.3 Å². The van der Waals surface area contributed by atoms with Gasteiger partial charge in [0.25, 0.3) is 5.91 Å². The van der Waals surface area contributed by atoms with E-state index in [-0.39, 0.29) is 11.7 Å². The lowest BCUT2D eigenvalue weighted by Crippen LogP contribution is -2.33. The van der Waals surface area contributed by atoms with Crippen molar-refractivity contribution in [3.63, 3.8) is 0 Å². The number of phenols is 1. The number of aryl methyl sites for hydroxylation is 2. The van der Waals surface area contributed by atoms with E-state index < -0.39 is 0 Å². The third kappa shape index (κ3) is 3.87. The fourth-order valence-corrected chi connectivity index (χ4v) is 4.35. The van der Waals surface area contributed by atoms with Crippen LogP contribution >= 0.6 is 0 Å². The topological polar surface area (TPSA) is 65.7 Å². The van der Waals surface area contributed by atoms with Gasteiger partial charge in [0.2, 0.25) is 0 Å². The molecule has 0 spiro atoms. The minimum Gasteiger partial charge on any atom is -0.508 e. The quantitative estimate of drug-likeness (QED) is 0.637. The average Bonchev–Trinajstić information content (AvgIpc) is 3.02. The van der Waals surface area contributed by atoms with Crippen LogP contribution in [-0.4, -0.2) is 29.0 Å². The molecule has 1 atom stereocenters. The van der Waals surface area contributed by atoms with E-state index in [4.69, 9.17) is 4.42 Å². The second kappa shape index (κ2) is 7.91. The Balaban J connectivity index is 1.74. The Morgan fingerprint density at radius 3 is 2.79 bits per heavy atom. The zero-order valence-corrected chi connectivity index (χ0v) is 17.3. The van der Waals surface area contributed by atoms with Gasteiger partial charge in [-0.05, 0) is 62.9 Å². The molecule has 5 heteroatoms. The van der Waals surface area contributed by atoms with Gasteiger partial charge in [0.05, 0.1) is 5.56 Å². The molecule has 2 N–H and O–H groups in total. The first kappa shape index (κ1) is 19.5. The van der Waals surface area contributed by atoms with Gasteiger partial charge in [0, 0.05) is 29.7 Å². The van der Waals surface area contributed by atoms with Crippen LogP contribution in [0.1, 0.15) is 47.0 Å². The van der Waals surface area contributed by atoms with Crippen molar-refractivity contribution in [2.45, 2.75) is 40.2 Å². The van der Waals surface area contributed by atoms with Gasteiger partial charge >= 0.3 is 0 Å². The number of carbonyl (C=O) groups is 1. The fraction of sp³-hybridized carbons (Fsp3) is 0.375. The summed E-state index contributed by atoms with van der Waals surface area (Å²) in [6.45, 7) is 8.63. The summed E-state index contributed by atoms with van der Waals surface area (Å²) in [6.07, 6.45) is 2.39. The highest BCUT2D eigenvalue weighted by Gasteiger charge is 2.25. The number of amides is 1. The molecule has 5 nitrogen and oxygen atoms in total. The Morgan fingerprint density at radius 1 is 1.24 bits per heavy atom. The first-order valence-corrected chi connectivity index (χ1v) is 10.3. The zero-order chi connectivity index (χ0) is 20.5. The van der Waals surface area contributed by atoms with Crippen molar-refractivity contribution in [3.8, 4) is 5.75 Å². The molecule has 0 saturated carbocycles. The first-order chi connectivity index (χ1) is 13.9. The molecule has 1 unspecified atom stereocenters. The Kier molecular flexibility index (Phi) is 5.33. The number of hydrogen-bond donors (Lipinski definition) is 2. The molecule has 29 heavy (non-hydrogen) atoms. The maximum absolute atomic E-state index is 13.2. The summed E-state index contributed by atoms with van der Waals surface area (Å²) in [4.78, 5) is 15.6. The van der Waals surface area contributed by atoms with Crippen molar-refractivity contribution in [2.24, 2.45) is 5.92 Å². The fourth-order valence-electron chi connectivity index (χ4n) is 4.35. The van der Waals surface area contributed by atoms with Crippen LogP contribution in [0.3, 0.4) is 0 Å². The van der Waals surface area contributed by atoms with Gasteiger partial charge in [-0.15, -0.1) is 0 Å². The molecule has 0 radical (unpaired) electrons. The van der Waals surface area contributed by atoms with Crippen LogP contribution in [0.15, 0.2) is 40.8 Å². The van der Waals surface area contributed by atoms with Crippen molar-refractivity contribution in [3.05, 3.63) is 58.8 Å². The van der Waals surface area contributed by atoms with Gasteiger partial charge < -0.3 is 14.8 Å². The standard InChI is InChI=1S/C24H28N2O3/c1-15-7-6-12-26(13-15)14-18-20(27)10-11-21-23(18)22(17(3)29-21)24(28)25-19-9-5-4-8-16(19)2/h4-5,8-11,15,27H,6-7,12-14H2,1-3H3,(H,25,28). The van der Waals surface area contributed by atoms with Crippen LogP contribution in [0, 0.1) is 19.8 Å². The highest BCUT2D eigenvalue weighted by atomic mass is 16.3. The van der Waals surface area contributed by atoms with Gasteiger partial charge in [0.1, 0.15) is 17.1 Å². The highest BCUT2D eigenvalue weighted by molar-refractivity contribution is 6.14. The molecule has 1 aromatic heterocycles. The summed E-state index contributed by atoms with van der Waals surface area (Å²) < 4.78 is 5.90. The van der Waals surface area contributed by atoms with Gasteiger partial charge in [-0.3, -0.25) is 9.69 Å². The number of aromatic hydroxyl groups is 1.